The maximum Gasteiger partial charge on any atom is 0.134 e. The van der Waals surface area contributed by atoms with Gasteiger partial charge in [-0.05, 0) is 12.1 Å². The van der Waals surface area contributed by atoms with Gasteiger partial charge in [0.2, 0.25) is 0 Å². The summed E-state index contributed by atoms with van der Waals surface area (Å²) in [5, 5.41) is 17.3. The fourth-order valence-electron chi connectivity index (χ4n) is 2.43. The third-order valence-electron chi connectivity index (χ3n) is 3.49. The quantitative estimate of drug-likeness (QED) is 0.796. The molecule has 2 aromatic rings. The second-order valence-electron chi connectivity index (χ2n) is 4.87. The van der Waals surface area contributed by atoms with Gasteiger partial charge in [0.05, 0.1) is 12.6 Å². The number of nitrogens with one attached hydrogen (secondary N) is 2. The average molecular weight is 283 g/mol. The van der Waals surface area contributed by atoms with Crippen LogP contribution in [0.2, 0.25) is 0 Å². The van der Waals surface area contributed by atoms with Crippen molar-refractivity contribution < 1.29 is 9.52 Å². The Morgan fingerprint density at radius 2 is 2.16 bits per heavy atom. The normalized spacial score (nSPS) is 22.6. The first-order valence-electron chi connectivity index (χ1n) is 6.40. The lowest BCUT2D eigenvalue weighted by atomic mass is 10.1. The molecule has 0 spiro atoms. The van der Waals surface area contributed by atoms with E-state index < -0.39 is 0 Å². The van der Waals surface area contributed by atoms with Crippen molar-refractivity contribution in [2.75, 3.05) is 19.6 Å². The van der Waals surface area contributed by atoms with Crippen molar-refractivity contribution in [1.82, 2.24) is 10.6 Å². The zero-order valence-corrected chi connectivity index (χ0v) is 11.5. The summed E-state index contributed by atoms with van der Waals surface area (Å²) < 4.78 is 5.72. The van der Waals surface area contributed by atoms with Gasteiger partial charge in [0.15, 0.2) is 0 Å². The Morgan fingerprint density at radius 1 is 1.32 bits per heavy atom. The van der Waals surface area contributed by atoms with Crippen LogP contribution in [0.15, 0.2) is 34.7 Å². The Bertz CT molecular complexity index is 496. The van der Waals surface area contributed by atoms with Crippen LogP contribution in [0.1, 0.15) is 5.76 Å². The summed E-state index contributed by atoms with van der Waals surface area (Å²) >= 11 is 0. The molecule has 4 nitrogen and oxygen atoms in total. The molecule has 1 aliphatic heterocycles. The highest BCUT2D eigenvalue weighted by Gasteiger charge is 2.24. The van der Waals surface area contributed by atoms with Gasteiger partial charge in [-0.25, -0.2) is 0 Å². The molecule has 1 saturated heterocycles. The molecule has 0 aliphatic carbocycles. The molecule has 5 heteroatoms. The number of fused-ring (bicyclic) bond motifs is 1. The van der Waals surface area contributed by atoms with Gasteiger partial charge >= 0.3 is 0 Å². The number of halogens is 1. The number of aliphatic hydroxyl groups excluding tert-OH is 1. The Kier molecular flexibility index (Phi) is 4.82. The molecule has 1 fully saturated rings. The molecular weight excluding hydrogens is 264 g/mol. The first-order valence-corrected chi connectivity index (χ1v) is 6.40. The number of furan rings is 1. The molecular formula is C14H19ClN2O2. The van der Waals surface area contributed by atoms with E-state index in [1.807, 2.05) is 24.3 Å². The molecule has 1 aromatic heterocycles. The first-order chi connectivity index (χ1) is 8.83. The molecule has 3 N–H and O–H groups in total. The van der Waals surface area contributed by atoms with Crippen molar-refractivity contribution in [1.29, 1.82) is 0 Å². The minimum Gasteiger partial charge on any atom is -0.460 e. The van der Waals surface area contributed by atoms with Gasteiger partial charge < -0.3 is 20.2 Å². The molecule has 0 saturated carbocycles. The summed E-state index contributed by atoms with van der Waals surface area (Å²) in [7, 11) is 0. The van der Waals surface area contributed by atoms with E-state index in [9.17, 15) is 5.11 Å². The Morgan fingerprint density at radius 3 is 2.89 bits per heavy atom. The monoisotopic (exact) mass is 282 g/mol. The van der Waals surface area contributed by atoms with Crippen LogP contribution in [-0.4, -0.2) is 30.8 Å². The minimum absolute atomic E-state index is 0. The molecule has 3 rings (SSSR count). The van der Waals surface area contributed by atoms with Crippen molar-refractivity contribution in [2.45, 2.75) is 12.6 Å². The minimum atomic E-state index is -0.229. The van der Waals surface area contributed by atoms with Crippen LogP contribution in [-0.2, 0) is 6.54 Å². The van der Waals surface area contributed by atoms with Crippen LogP contribution in [0.25, 0.3) is 11.0 Å². The van der Waals surface area contributed by atoms with Gasteiger partial charge in [0, 0.05) is 30.9 Å². The van der Waals surface area contributed by atoms with E-state index in [2.05, 4.69) is 16.7 Å². The van der Waals surface area contributed by atoms with Crippen molar-refractivity contribution in [3.63, 3.8) is 0 Å². The van der Waals surface area contributed by atoms with E-state index in [4.69, 9.17) is 4.42 Å². The van der Waals surface area contributed by atoms with Gasteiger partial charge in [0.25, 0.3) is 0 Å². The van der Waals surface area contributed by atoms with Crippen LogP contribution in [0.5, 0.6) is 0 Å². The van der Waals surface area contributed by atoms with Gasteiger partial charge in [-0.3, -0.25) is 0 Å². The van der Waals surface area contributed by atoms with E-state index in [0.29, 0.717) is 19.0 Å². The smallest absolute Gasteiger partial charge is 0.134 e. The maximum absolute atomic E-state index is 9.67. The molecule has 19 heavy (non-hydrogen) atoms. The predicted molar refractivity (Wildman–Crippen MR) is 77.5 cm³/mol. The third kappa shape index (κ3) is 3.28. The Hall–Kier alpha value is -1.07. The molecule has 104 valence electrons. The maximum atomic E-state index is 9.67. The zero-order chi connectivity index (χ0) is 12.4. The van der Waals surface area contributed by atoms with E-state index >= 15 is 0 Å². The summed E-state index contributed by atoms with van der Waals surface area (Å²) in [6.07, 6.45) is -0.229. The van der Waals surface area contributed by atoms with E-state index in [-0.39, 0.29) is 18.5 Å². The van der Waals surface area contributed by atoms with Crippen LogP contribution >= 0.6 is 12.4 Å². The number of benzene rings is 1. The van der Waals surface area contributed by atoms with Crippen molar-refractivity contribution in [3.05, 3.63) is 36.1 Å². The molecule has 0 bridgehead atoms. The van der Waals surface area contributed by atoms with Crippen molar-refractivity contribution in [3.8, 4) is 0 Å². The highest BCUT2D eigenvalue weighted by Crippen LogP contribution is 2.18. The van der Waals surface area contributed by atoms with Gasteiger partial charge in [0.1, 0.15) is 11.3 Å². The average Bonchev–Trinajstić information content (AvgIpc) is 2.96. The van der Waals surface area contributed by atoms with Crippen molar-refractivity contribution >= 4 is 23.4 Å². The fraction of sp³-hybridized carbons (Fsp3) is 0.429. The van der Waals surface area contributed by atoms with E-state index in [0.717, 1.165) is 29.8 Å². The molecule has 1 aliphatic rings. The molecule has 1 aromatic carbocycles. The summed E-state index contributed by atoms with van der Waals surface area (Å²) in [6.45, 7) is 3.11. The van der Waals surface area contributed by atoms with Gasteiger partial charge in [-0.2, -0.15) is 0 Å². The molecule has 0 amide bonds. The molecule has 2 unspecified atom stereocenters. The number of β-amino-alcohol motifs (C(OH)–C–C–N with tert-alkyl or cyclic N) is 1. The van der Waals surface area contributed by atoms with Crippen LogP contribution in [0, 0.1) is 5.92 Å². The van der Waals surface area contributed by atoms with Gasteiger partial charge in [-0.15, -0.1) is 12.4 Å². The summed E-state index contributed by atoms with van der Waals surface area (Å²) in [4.78, 5) is 0. The second kappa shape index (κ2) is 6.39. The highest BCUT2D eigenvalue weighted by molar-refractivity contribution is 5.85. The SMILES string of the molecule is Cl.OC1CNCC1CNCc1cc2ccccc2o1. The topological polar surface area (TPSA) is 57.4 Å². The highest BCUT2D eigenvalue weighted by atomic mass is 35.5. The molecule has 2 heterocycles. The lowest BCUT2D eigenvalue weighted by Crippen LogP contribution is -2.30. The summed E-state index contributed by atoms with van der Waals surface area (Å²) in [5.74, 6) is 1.24. The zero-order valence-electron chi connectivity index (χ0n) is 10.6. The number of para-hydroxylation sites is 1. The van der Waals surface area contributed by atoms with Crippen LogP contribution < -0.4 is 10.6 Å². The first kappa shape index (κ1) is 14.3. The van der Waals surface area contributed by atoms with E-state index in [1.54, 1.807) is 0 Å². The van der Waals surface area contributed by atoms with Gasteiger partial charge in [-0.1, -0.05) is 18.2 Å². The molecule has 2 atom stereocenters. The Labute approximate surface area is 118 Å². The van der Waals surface area contributed by atoms with Crippen molar-refractivity contribution in [2.24, 2.45) is 5.92 Å². The standard InChI is InChI=1S/C14H18N2O2.ClH/c17-13-9-16-7-11(13)6-15-8-12-5-10-3-1-2-4-14(10)18-12;/h1-5,11,13,15-17H,6-9H2;1H. The number of hydrogen-bond acceptors (Lipinski definition) is 4. The second-order valence-corrected chi connectivity index (χ2v) is 4.87. The summed E-state index contributed by atoms with van der Waals surface area (Å²) in [6, 6.07) is 10.1. The summed E-state index contributed by atoms with van der Waals surface area (Å²) in [5.41, 5.74) is 0.928. The number of aliphatic hydroxyl groups is 1. The largest absolute Gasteiger partial charge is 0.460 e. The van der Waals surface area contributed by atoms with Crippen LogP contribution in [0.3, 0.4) is 0 Å². The third-order valence-corrected chi connectivity index (χ3v) is 3.49. The number of hydrogen-bond donors (Lipinski definition) is 3. The lowest BCUT2D eigenvalue weighted by Gasteiger charge is -2.13. The van der Waals surface area contributed by atoms with E-state index in [1.165, 1.54) is 0 Å². The molecule has 0 radical (unpaired) electrons. The Balaban J connectivity index is 0.00000133. The lowest BCUT2D eigenvalue weighted by molar-refractivity contribution is 0.146. The number of rotatable bonds is 4. The predicted octanol–water partition coefficient (Wildman–Crippen LogP) is 1.52. The van der Waals surface area contributed by atoms with Crippen LogP contribution in [0.4, 0.5) is 0 Å². The fourth-order valence-corrected chi connectivity index (χ4v) is 2.43.